The summed E-state index contributed by atoms with van der Waals surface area (Å²) in [5.41, 5.74) is 2.84. The van der Waals surface area contributed by atoms with Gasteiger partial charge in [-0.1, -0.05) is 43.5 Å². The summed E-state index contributed by atoms with van der Waals surface area (Å²) < 4.78 is 1.57. The second-order valence-corrected chi connectivity index (χ2v) is 7.98. The number of nitrogens with one attached hydrogen (secondary N) is 2. The van der Waals surface area contributed by atoms with E-state index in [1.54, 1.807) is 17.8 Å². The molecule has 28 heavy (non-hydrogen) atoms. The smallest absolute Gasteiger partial charge is 0.272 e. The van der Waals surface area contributed by atoms with Crippen LogP contribution in [0.3, 0.4) is 0 Å². The van der Waals surface area contributed by atoms with Crippen LogP contribution in [0.1, 0.15) is 72.6 Å². The molecular weight excluding hydrogens is 352 g/mol. The van der Waals surface area contributed by atoms with Gasteiger partial charge in [0.05, 0.1) is 6.04 Å². The first-order valence-electron chi connectivity index (χ1n) is 10.4. The first kappa shape index (κ1) is 18.7. The van der Waals surface area contributed by atoms with Crippen molar-refractivity contribution in [2.75, 3.05) is 5.32 Å². The van der Waals surface area contributed by atoms with E-state index in [-0.39, 0.29) is 23.8 Å². The highest BCUT2D eigenvalue weighted by molar-refractivity contribution is 5.96. The van der Waals surface area contributed by atoms with Crippen molar-refractivity contribution in [1.82, 2.24) is 15.1 Å². The minimum Gasteiger partial charge on any atom is -0.344 e. The number of fused-ring (bicyclic) bond motifs is 1. The van der Waals surface area contributed by atoms with Gasteiger partial charge in [0, 0.05) is 19.0 Å². The third-order valence-corrected chi connectivity index (χ3v) is 6.01. The second kappa shape index (κ2) is 8.17. The van der Waals surface area contributed by atoms with Crippen molar-refractivity contribution < 1.29 is 9.59 Å². The lowest BCUT2D eigenvalue weighted by Crippen LogP contribution is -2.31. The minimum absolute atomic E-state index is 0.0136. The van der Waals surface area contributed by atoms with Crippen LogP contribution in [0.15, 0.2) is 30.3 Å². The molecule has 1 aromatic heterocycles. The number of aromatic nitrogens is 2. The number of nitrogens with zero attached hydrogens (tertiary/aromatic N) is 2. The molecule has 0 saturated heterocycles. The zero-order chi connectivity index (χ0) is 19.5. The summed E-state index contributed by atoms with van der Waals surface area (Å²) in [5, 5.41) is 10.4. The Kier molecular flexibility index (Phi) is 5.46. The number of amides is 2. The molecule has 6 heteroatoms. The van der Waals surface area contributed by atoms with Gasteiger partial charge in [-0.25, -0.2) is 0 Å². The molecule has 2 aromatic rings. The number of carbonyl (C=O) groups excluding carboxylic acids is 2. The second-order valence-electron chi connectivity index (χ2n) is 7.98. The Morgan fingerprint density at radius 1 is 1.07 bits per heavy atom. The number of carbonyl (C=O) groups is 2. The van der Waals surface area contributed by atoms with Crippen LogP contribution >= 0.6 is 0 Å². The Labute approximate surface area is 165 Å². The van der Waals surface area contributed by atoms with Gasteiger partial charge >= 0.3 is 0 Å². The number of anilines is 1. The van der Waals surface area contributed by atoms with E-state index in [1.165, 1.54) is 17.5 Å². The fourth-order valence-corrected chi connectivity index (χ4v) is 4.42. The SMILES string of the molecule is Cn1nc(C(=O)NC2CCCc3ccccc32)cc1NC(=O)C1CCCCC1. The summed E-state index contributed by atoms with van der Waals surface area (Å²) in [6.45, 7) is 0. The zero-order valence-electron chi connectivity index (χ0n) is 16.4. The van der Waals surface area contributed by atoms with Gasteiger partial charge in [-0.2, -0.15) is 5.10 Å². The highest BCUT2D eigenvalue weighted by Crippen LogP contribution is 2.30. The Morgan fingerprint density at radius 2 is 1.86 bits per heavy atom. The average Bonchev–Trinajstić information content (AvgIpc) is 3.09. The lowest BCUT2D eigenvalue weighted by molar-refractivity contribution is -0.120. The van der Waals surface area contributed by atoms with Gasteiger partial charge in [0.25, 0.3) is 5.91 Å². The average molecular weight is 380 g/mol. The molecule has 6 nitrogen and oxygen atoms in total. The Morgan fingerprint density at radius 3 is 2.68 bits per heavy atom. The molecule has 0 spiro atoms. The van der Waals surface area contributed by atoms with E-state index < -0.39 is 0 Å². The van der Waals surface area contributed by atoms with Crippen LogP contribution in [0.25, 0.3) is 0 Å². The van der Waals surface area contributed by atoms with Crippen molar-refractivity contribution in [3.05, 3.63) is 47.2 Å². The van der Waals surface area contributed by atoms with Gasteiger partial charge < -0.3 is 10.6 Å². The molecule has 1 aromatic carbocycles. The Balaban J connectivity index is 1.43. The van der Waals surface area contributed by atoms with Crippen LogP contribution in [0, 0.1) is 5.92 Å². The van der Waals surface area contributed by atoms with Crippen LogP contribution < -0.4 is 10.6 Å². The molecule has 2 amide bonds. The van der Waals surface area contributed by atoms with E-state index in [9.17, 15) is 9.59 Å². The summed E-state index contributed by atoms with van der Waals surface area (Å²) in [5.74, 6) is 0.482. The molecule has 1 unspecified atom stereocenters. The largest absolute Gasteiger partial charge is 0.344 e. The predicted octanol–water partition coefficient (Wildman–Crippen LogP) is 3.75. The molecule has 0 aliphatic heterocycles. The molecule has 2 aliphatic rings. The van der Waals surface area contributed by atoms with Crippen molar-refractivity contribution in [1.29, 1.82) is 0 Å². The van der Waals surface area contributed by atoms with Gasteiger partial charge in [-0.15, -0.1) is 0 Å². The summed E-state index contributed by atoms with van der Waals surface area (Å²) in [6.07, 6.45) is 8.37. The van der Waals surface area contributed by atoms with E-state index in [0.717, 1.165) is 44.9 Å². The quantitative estimate of drug-likeness (QED) is 0.848. The number of hydrogen-bond donors (Lipinski definition) is 2. The lowest BCUT2D eigenvalue weighted by atomic mass is 9.87. The summed E-state index contributed by atoms with van der Waals surface area (Å²) >= 11 is 0. The maximum absolute atomic E-state index is 12.8. The molecule has 2 N–H and O–H groups in total. The molecule has 0 bridgehead atoms. The van der Waals surface area contributed by atoms with Gasteiger partial charge in [0.2, 0.25) is 5.91 Å². The van der Waals surface area contributed by atoms with Gasteiger partial charge in [0.1, 0.15) is 5.82 Å². The molecule has 1 saturated carbocycles. The maximum atomic E-state index is 12.8. The molecule has 1 fully saturated rings. The Bertz CT molecular complexity index is 867. The number of aryl methyl sites for hydroxylation is 2. The van der Waals surface area contributed by atoms with Crippen LogP contribution in [0.5, 0.6) is 0 Å². The minimum atomic E-state index is -0.199. The van der Waals surface area contributed by atoms with Crippen molar-refractivity contribution in [3.63, 3.8) is 0 Å². The third-order valence-electron chi connectivity index (χ3n) is 6.01. The standard InChI is InChI=1S/C22H28N4O2/c1-26-20(24-21(27)16-9-3-2-4-10-16)14-19(25-26)22(28)23-18-13-7-11-15-8-5-6-12-17(15)18/h5-6,8,12,14,16,18H,2-4,7,9-11,13H2,1H3,(H,23,28)(H,24,27). The normalized spacial score (nSPS) is 19.7. The first-order valence-corrected chi connectivity index (χ1v) is 10.4. The van der Waals surface area contributed by atoms with Gasteiger partial charge in [-0.05, 0) is 43.2 Å². The van der Waals surface area contributed by atoms with Crippen molar-refractivity contribution in [2.45, 2.75) is 57.4 Å². The fourth-order valence-electron chi connectivity index (χ4n) is 4.42. The molecule has 0 radical (unpaired) electrons. The molecule has 1 heterocycles. The summed E-state index contributed by atoms with van der Waals surface area (Å²) in [4.78, 5) is 25.3. The third kappa shape index (κ3) is 3.96. The monoisotopic (exact) mass is 380 g/mol. The molecule has 4 rings (SSSR count). The van der Waals surface area contributed by atoms with E-state index in [1.807, 2.05) is 12.1 Å². The first-order chi connectivity index (χ1) is 13.6. The summed E-state index contributed by atoms with van der Waals surface area (Å²) in [7, 11) is 1.75. The van der Waals surface area contributed by atoms with E-state index in [0.29, 0.717) is 11.5 Å². The molecular formula is C22H28N4O2. The zero-order valence-corrected chi connectivity index (χ0v) is 16.4. The van der Waals surface area contributed by atoms with E-state index in [4.69, 9.17) is 0 Å². The number of rotatable bonds is 4. The van der Waals surface area contributed by atoms with Gasteiger partial charge in [-0.3, -0.25) is 14.3 Å². The van der Waals surface area contributed by atoms with E-state index in [2.05, 4.69) is 27.9 Å². The highest BCUT2D eigenvalue weighted by Gasteiger charge is 2.25. The molecule has 2 aliphatic carbocycles. The highest BCUT2D eigenvalue weighted by atomic mass is 16.2. The lowest BCUT2D eigenvalue weighted by Gasteiger charge is -2.26. The molecule has 148 valence electrons. The van der Waals surface area contributed by atoms with Crippen LogP contribution in [-0.4, -0.2) is 21.6 Å². The van der Waals surface area contributed by atoms with Crippen molar-refractivity contribution >= 4 is 17.6 Å². The predicted molar refractivity (Wildman–Crippen MR) is 108 cm³/mol. The number of hydrogen-bond acceptors (Lipinski definition) is 3. The van der Waals surface area contributed by atoms with Crippen molar-refractivity contribution in [2.24, 2.45) is 13.0 Å². The van der Waals surface area contributed by atoms with Crippen LogP contribution in [0.2, 0.25) is 0 Å². The van der Waals surface area contributed by atoms with Crippen molar-refractivity contribution in [3.8, 4) is 0 Å². The van der Waals surface area contributed by atoms with Crippen LogP contribution in [-0.2, 0) is 18.3 Å². The number of benzene rings is 1. The molecule has 1 atom stereocenters. The van der Waals surface area contributed by atoms with Gasteiger partial charge in [0.15, 0.2) is 5.69 Å². The summed E-state index contributed by atoms with van der Waals surface area (Å²) in [6, 6.07) is 9.97. The fraction of sp³-hybridized carbons (Fsp3) is 0.500. The maximum Gasteiger partial charge on any atom is 0.272 e. The van der Waals surface area contributed by atoms with E-state index >= 15 is 0 Å². The topological polar surface area (TPSA) is 76.0 Å². The Hall–Kier alpha value is -2.63. The van der Waals surface area contributed by atoms with Crippen LogP contribution in [0.4, 0.5) is 5.82 Å².